The van der Waals surface area contributed by atoms with Crippen molar-refractivity contribution in [1.82, 2.24) is 25.4 Å². The first-order chi connectivity index (χ1) is 12.1. The fourth-order valence-electron chi connectivity index (χ4n) is 3.95. The lowest BCUT2D eigenvalue weighted by atomic mass is 9.78. The molecule has 7 nitrogen and oxygen atoms in total. The van der Waals surface area contributed by atoms with Gasteiger partial charge in [0.15, 0.2) is 11.8 Å². The summed E-state index contributed by atoms with van der Waals surface area (Å²) in [5.41, 5.74) is 0.103. The molecule has 8 heteroatoms. The molecular formula is C18H33IN6O. The first-order valence-electron chi connectivity index (χ1n) is 9.65. The van der Waals surface area contributed by atoms with Gasteiger partial charge in [-0.05, 0) is 39.5 Å². The number of hydrogen-bond acceptors (Lipinski definition) is 4. The van der Waals surface area contributed by atoms with Crippen molar-refractivity contribution in [2.45, 2.75) is 77.0 Å². The van der Waals surface area contributed by atoms with Gasteiger partial charge in [0.1, 0.15) is 12.4 Å². The molecule has 1 atom stereocenters. The largest absolute Gasteiger partial charge is 0.375 e. The van der Waals surface area contributed by atoms with Gasteiger partial charge in [-0.15, -0.1) is 34.2 Å². The third kappa shape index (κ3) is 5.31. The lowest BCUT2D eigenvalue weighted by Crippen LogP contribution is -2.52. The molecule has 2 fully saturated rings. The Morgan fingerprint density at radius 3 is 2.73 bits per heavy atom. The van der Waals surface area contributed by atoms with Crippen molar-refractivity contribution in [3.05, 3.63) is 11.6 Å². The molecule has 1 aromatic heterocycles. The maximum atomic E-state index is 6.20. The molecular weight excluding hydrogens is 443 g/mol. The van der Waals surface area contributed by atoms with E-state index in [9.17, 15) is 0 Å². The third-order valence-electron chi connectivity index (χ3n) is 5.50. The van der Waals surface area contributed by atoms with Gasteiger partial charge in [0, 0.05) is 26.2 Å². The van der Waals surface area contributed by atoms with E-state index in [2.05, 4.69) is 27.8 Å². The molecule has 1 aliphatic heterocycles. The second kappa shape index (κ2) is 9.87. The number of rotatable bonds is 4. The average molecular weight is 476 g/mol. The quantitative estimate of drug-likeness (QED) is 0.397. The normalized spacial score (nSPS) is 22.7. The van der Waals surface area contributed by atoms with Gasteiger partial charge in [-0.1, -0.05) is 19.3 Å². The summed E-state index contributed by atoms with van der Waals surface area (Å²) in [6.07, 6.45) is 8.48. The highest BCUT2D eigenvalue weighted by Crippen LogP contribution is 2.38. The van der Waals surface area contributed by atoms with Crippen molar-refractivity contribution in [3.8, 4) is 0 Å². The number of nitrogens with zero attached hydrogens (tertiary/aromatic N) is 4. The predicted octanol–water partition coefficient (Wildman–Crippen LogP) is 2.68. The van der Waals surface area contributed by atoms with Crippen LogP contribution in [0.1, 0.15) is 63.5 Å². The van der Waals surface area contributed by atoms with Gasteiger partial charge >= 0.3 is 0 Å². The van der Waals surface area contributed by atoms with Gasteiger partial charge in [-0.2, -0.15) is 0 Å². The molecule has 1 saturated carbocycles. The minimum Gasteiger partial charge on any atom is -0.375 e. The van der Waals surface area contributed by atoms with Crippen LogP contribution < -0.4 is 10.6 Å². The summed E-state index contributed by atoms with van der Waals surface area (Å²) in [6, 6.07) is 0.422. The maximum Gasteiger partial charge on any atom is 0.191 e. The molecule has 1 unspecified atom stereocenters. The summed E-state index contributed by atoms with van der Waals surface area (Å²) in [4.78, 5) is 4.72. The Kier molecular flexibility index (Phi) is 8.12. The molecule has 2 aliphatic rings. The van der Waals surface area contributed by atoms with Crippen LogP contribution in [-0.2, 0) is 18.3 Å². The highest BCUT2D eigenvalue weighted by atomic mass is 127. The Hall–Kier alpha value is -0.900. The Morgan fingerprint density at radius 2 is 2.08 bits per heavy atom. The van der Waals surface area contributed by atoms with E-state index in [4.69, 9.17) is 9.73 Å². The zero-order valence-corrected chi connectivity index (χ0v) is 18.6. The Bertz CT molecular complexity index is 591. The third-order valence-corrected chi connectivity index (χ3v) is 5.50. The second-order valence-corrected chi connectivity index (χ2v) is 7.34. The number of aliphatic imine (C=N–C) groups is 1. The first kappa shape index (κ1) is 21.4. The van der Waals surface area contributed by atoms with E-state index in [1.807, 2.05) is 18.5 Å². The molecule has 0 bridgehead atoms. The van der Waals surface area contributed by atoms with Crippen LogP contribution in [-0.4, -0.2) is 45.5 Å². The van der Waals surface area contributed by atoms with E-state index in [1.54, 1.807) is 0 Å². The molecule has 2 heterocycles. The summed E-state index contributed by atoms with van der Waals surface area (Å²) >= 11 is 0. The van der Waals surface area contributed by atoms with Crippen molar-refractivity contribution in [2.75, 3.05) is 13.2 Å². The van der Waals surface area contributed by atoms with Crippen LogP contribution >= 0.6 is 24.0 Å². The lowest BCUT2D eigenvalue weighted by molar-refractivity contribution is -0.107. The van der Waals surface area contributed by atoms with Crippen LogP contribution in [0.15, 0.2) is 4.99 Å². The summed E-state index contributed by atoms with van der Waals surface area (Å²) in [5, 5.41) is 15.3. The summed E-state index contributed by atoms with van der Waals surface area (Å²) in [5.74, 6) is 2.65. The van der Waals surface area contributed by atoms with E-state index in [0.29, 0.717) is 12.6 Å². The molecule has 0 radical (unpaired) electrons. The summed E-state index contributed by atoms with van der Waals surface area (Å²) in [7, 11) is 1.98. The number of aromatic nitrogens is 3. The fourth-order valence-corrected chi connectivity index (χ4v) is 3.95. The van der Waals surface area contributed by atoms with E-state index < -0.39 is 0 Å². The number of guanidine groups is 1. The monoisotopic (exact) mass is 476 g/mol. The topological polar surface area (TPSA) is 76.4 Å². The lowest BCUT2D eigenvalue weighted by Gasteiger charge is -2.44. The van der Waals surface area contributed by atoms with Crippen LogP contribution in [0.25, 0.3) is 0 Å². The van der Waals surface area contributed by atoms with Crippen LogP contribution in [0.3, 0.4) is 0 Å². The molecule has 1 aliphatic carbocycles. The molecule has 148 valence electrons. The molecule has 3 rings (SSSR count). The number of ether oxygens (including phenoxy) is 1. The van der Waals surface area contributed by atoms with E-state index in [1.165, 1.54) is 32.1 Å². The van der Waals surface area contributed by atoms with Crippen LogP contribution in [0.5, 0.6) is 0 Å². The highest BCUT2D eigenvalue weighted by molar-refractivity contribution is 14.0. The zero-order chi connectivity index (χ0) is 17.7. The molecule has 0 aromatic carbocycles. The van der Waals surface area contributed by atoms with Crippen molar-refractivity contribution in [2.24, 2.45) is 12.0 Å². The first-order valence-corrected chi connectivity index (χ1v) is 9.65. The molecule has 2 N–H and O–H groups in total. The van der Waals surface area contributed by atoms with Crippen molar-refractivity contribution >= 4 is 29.9 Å². The van der Waals surface area contributed by atoms with Gasteiger partial charge in [0.05, 0.1) is 5.60 Å². The van der Waals surface area contributed by atoms with Crippen molar-refractivity contribution in [1.29, 1.82) is 0 Å². The van der Waals surface area contributed by atoms with Gasteiger partial charge in [-0.3, -0.25) is 0 Å². The average Bonchev–Trinajstić information content (AvgIpc) is 2.92. The maximum absolute atomic E-state index is 6.20. The van der Waals surface area contributed by atoms with Crippen molar-refractivity contribution in [3.63, 3.8) is 0 Å². The molecule has 0 amide bonds. The van der Waals surface area contributed by atoms with E-state index in [-0.39, 0.29) is 29.6 Å². The van der Waals surface area contributed by atoms with Gasteiger partial charge in [-0.25, -0.2) is 4.99 Å². The molecule has 1 spiro atoms. The minimum absolute atomic E-state index is 0. The summed E-state index contributed by atoms with van der Waals surface area (Å²) < 4.78 is 8.19. The second-order valence-electron chi connectivity index (χ2n) is 7.34. The number of nitrogens with one attached hydrogen (secondary N) is 2. The van der Waals surface area contributed by atoms with Gasteiger partial charge in [0.25, 0.3) is 0 Å². The smallest absolute Gasteiger partial charge is 0.191 e. The van der Waals surface area contributed by atoms with E-state index >= 15 is 0 Å². The SMILES string of the molecule is CCNC(=NCc1nnc(C)n1C)NC1CCOC2(CCCCC2)C1.I. The summed E-state index contributed by atoms with van der Waals surface area (Å²) in [6.45, 7) is 6.27. The Balaban J connectivity index is 0.00000243. The van der Waals surface area contributed by atoms with Gasteiger partial charge < -0.3 is 19.9 Å². The Labute approximate surface area is 173 Å². The van der Waals surface area contributed by atoms with E-state index in [0.717, 1.165) is 43.6 Å². The van der Waals surface area contributed by atoms with Crippen LogP contribution in [0.2, 0.25) is 0 Å². The van der Waals surface area contributed by atoms with Crippen LogP contribution in [0, 0.1) is 6.92 Å². The fraction of sp³-hybridized carbons (Fsp3) is 0.833. The molecule has 26 heavy (non-hydrogen) atoms. The highest BCUT2D eigenvalue weighted by Gasteiger charge is 2.38. The Morgan fingerprint density at radius 1 is 1.31 bits per heavy atom. The van der Waals surface area contributed by atoms with Crippen molar-refractivity contribution < 1.29 is 4.74 Å². The predicted molar refractivity (Wildman–Crippen MR) is 114 cm³/mol. The standard InChI is InChI=1S/C18H32N6O.HI/c1-4-19-17(20-13-16-23-22-14(2)24(16)3)21-15-8-11-25-18(12-15)9-6-5-7-10-18;/h15H,4-13H2,1-3H3,(H2,19,20,21);1H. The number of halogens is 1. The zero-order valence-electron chi connectivity index (χ0n) is 16.3. The molecule has 1 saturated heterocycles. The van der Waals surface area contributed by atoms with Gasteiger partial charge in [0.2, 0.25) is 0 Å². The molecule has 1 aromatic rings. The van der Waals surface area contributed by atoms with Crippen LogP contribution in [0.4, 0.5) is 0 Å². The minimum atomic E-state index is 0. The number of aryl methyl sites for hydroxylation is 1. The number of hydrogen-bond donors (Lipinski definition) is 2.